The quantitative estimate of drug-likeness (QED) is 0.930. The molecular weight excluding hydrogens is 318 g/mol. The van der Waals surface area contributed by atoms with Gasteiger partial charge in [-0.05, 0) is 42.7 Å². The third kappa shape index (κ3) is 3.79. The standard InChI is InChI=1S/C19H23N3O3/c1-12(2)16-5-4-15(18(23)21-16)19(24)22-8-9-25-17(11-22)14-6-7-20-13(3)10-14/h4-7,10,12,17H,8-9,11H2,1-3H3,(H,21,23). The largest absolute Gasteiger partial charge is 0.370 e. The van der Waals surface area contributed by atoms with Crippen LogP contribution in [0, 0.1) is 6.92 Å². The highest BCUT2D eigenvalue weighted by molar-refractivity contribution is 5.94. The highest BCUT2D eigenvalue weighted by Gasteiger charge is 2.27. The molecule has 1 unspecified atom stereocenters. The minimum absolute atomic E-state index is 0.177. The summed E-state index contributed by atoms with van der Waals surface area (Å²) in [6, 6.07) is 7.29. The molecule has 1 atom stereocenters. The van der Waals surface area contributed by atoms with Crippen LogP contribution in [0.25, 0.3) is 0 Å². The number of pyridine rings is 2. The third-order valence-corrected chi connectivity index (χ3v) is 4.43. The molecule has 3 heterocycles. The van der Waals surface area contributed by atoms with Crippen LogP contribution < -0.4 is 5.56 Å². The van der Waals surface area contributed by atoms with Crippen molar-refractivity contribution < 1.29 is 9.53 Å². The van der Waals surface area contributed by atoms with E-state index in [-0.39, 0.29) is 29.1 Å². The minimum atomic E-state index is -0.334. The molecule has 3 rings (SSSR count). The lowest BCUT2D eigenvalue weighted by Crippen LogP contribution is -2.44. The lowest BCUT2D eigenvalue weighted by Gasteiger charge is -2.33. The lowest BCUT2D eigenvalue weighted by molar-refractivity contribution is -0.0229. The number of carbonyl (C=O) groups is 1. The normalized spacial score (nSPS) is 17.8. The number of H-pyrrole nitrogens is 1. The van der Waals surface area contributed by atoms with E-state index in [0.29, 0.717) is 19.7 Å². The Bertz CT molecular complexity index is 829. The van der Waals surface area contributed by atoms with Crippen LogP contribution >= 0.6 is 0 Å². The number of amides is 1. The second kappa shape index (κ2) is 7.19. The summed E-state index contributed by atoms with van der Waals surface area (Å²) in [5, 5.41) is 0. The number of nitrogens with zero attached hydrogens (tertiary/aromatic N) is 2. The average Bonchev–Trinajstić information content (AvgIpc) is 2.61. The molecule has 1 aliphatic heterocycles. The van der Waals surface area contributed by atoms with Crippen LogP contribution in [-0.4, -0.2) is 40.5 Å². The number of hydrogen-bond donors (Lipinski definition) is 1. The first-order chi connectivity index (χ1) is 12.0. The zero-order chi connectivity index (χ0) is 18.0. The van der Waals surface area contributed by atoms with Crippen LogP contribution in [-0.2, 0) is 4.74 Å². The van der Waals surface area contributed by atoms with Gasteiger partial charge in [0.1, 0.15) is 11.7 Å². The number of nitrogens with one attached hydrogen (secondary N) is 1. The van der Waals surface area contributed by atoms with E-state index in [1.165, 1.54) is 0 Å². The Morgan fingerprint density at radius 3 is 2.84 bits per heavy atom. The summed E-state index contributed by atoms with van der Waals surface area (Å²) in [7, 11) is 0. The van der Waals surface area contributed by atoms with Crippen molar-refractivity contribution in [2.24, 2.45) is 0 Å². The second-order valence-electron chi connectivity index (χ2n) is 6.65. The van der Waals surface area contributed by atoms with Crippen molar-refractivity contribution in [3.8, 4) is 0 Å². The van der Waals surface area contributed by atoms with Gasteiger partial charge in [-0.15, -0.1) is 0 Å². The highest BCUT2D eigenvalue weighted by atomic mass is 16.5. The van der Waals surface area contributed by atoms with Crippen molar-refractivity contribution in [3.63, 3.8) is 0 Å². The Kier molecular flexibility index (Phi) is 4.99. The van der Waals surface area contributed by atoms with Crippen molar-refractivity contribution in [2.75, 3.05) is 19.7 Å². The number of aromatic nitrogens is 2. The van der Waals surface area contributed by atoms with Gasteiger partial charge in [0.2, 0.25) is 0 Å². The van der Waals surface area contributed by atoms with Crippen LogP contribution in [0.4, 0.5) is 0 Å². The van der Waals surface area contributed by atoms with Gasteiger partial charge in [0, 0.05) is 24.1 Å². The summed E-state index contributed by atoms with van der Waals surface area (Å²) in [6.07, 6.45) is 1.54. The zero-order valence-corrected chi connectivity index (χ0v) is 14.8. The van der Waals surface area contributed by atoms with Crippen LogP contribution in [0.1, 0.15) is 53.2 Å². The fourth-order valence-corrected chi connectivity index (χ4v) is 2.97. The monoisotopic (exact) mass is 341 g/mol. The molecular formula is C19H23N3O3. The third-order valence-electron chi connectivity index (χ3n) is 4.43. The van der Waals surface area contributed by atoms with Gasteiger partial charge in [0.05, 0.1) is 13.2 Å². The molecule has 1 aliphatic rings. The Hall–Kier alpha value is -2.47. The number of ether oxygens (including phenoxy) is 1. The summed E-state index contributed by atoms with van der Waals surface area (Å²) in [4.78, 5) is 33.7. The molecule has 6 heteroatoms. The van der Waals surface area contributed by atoms with Crippen molar-refractivity contribution in [1.29, 1.82) is 0 Å². The van der Waals surface area contributed by atoms with E-state index < -0.39 is 0 Å². The van der Waals surface area contributed by atoms with E-state index in [1.54, 1.807) is 17.2 Å². The first-order valence-corrected chi connectivity index (χ1v) is 8.52. The Morgan fingerprint density at radius 1 is 1.36 bits per heavy atom. The van der Waals surface area contributed by atoms with E-state index in [2.05, 4.69) is 9.97 Å². The molecule has 132 valence electrons. The molecule has 2 aromatic heterocycles. The topological polar surface area (TPSA) is 75.3 Å². The Balaban J connectivity index is 1.79. The van der Waals surface area contributed by atoms with E-state index in [0.717, 1.165) is 17.0 Å². The van der Waals surface area contributed by atoms with Crippen molar-refractivity contribution >= 4 is 5.91 Å². The fraction of sp³-hybridized carbons (Fsp3) is 0.421. The van der Waals surface area contributed by atoms with E-state index >= 15 is 0 Å². The van der Waals surface area contributed by atoms with Crippen LogP contribution in [0.15, 0.2) is 35.3 Å². The molecule has 0 aliphatic carbocycles. The van der Waals surface area contributed by atoms with Gasteiger partial charge in [-0.2, -0.15) is 0 Å². The number of carbonyl (C=O) groups excluding carboxylic acids is 1. The summed E-state index contributed by atoms with van der Waals surface area (Å²) in [5.74, 6) is -0.0461. The SMILES string of the molecule is Cc1cc(C2CN(C(=O)c3ccc(C(C)C)[nH]c3=O)CCO2)ccn1. The van der Waals surface area contributed by atoms with Gasteiger partial charge < -0.3 is 14.6 Å². The molecule has 25 heavy (non-hydrogen) atoms. The molecule has 6 nitrogen and oxygen atoms in total. The summed E-state index contributed by atoms with van der Waals surface area (Å²) in [6.45, 7) is 7.26. The predicted molar refractivity (Wildman–Crippen MR) is 94.7 cm³/mol. The maximum atomic E-state index is 12.8. The molecule has 0 aromatic carbocycles. The van der Waals surface area contributed by atoms with Gasteiger partial charge in [0.15, 0.2) is 0 Å². The summed E-state index contributed by atoms with van der Waals surface area (Å²) in [5.41, 5.74) is 2.57. The van der Waals surface area contributed by atoms with Crippen molar-refractivity contribution in [2.45, 2.75) is 32.8 Å². The first kappa shape index (κ1) is 17.4. The molecule has 0 spiro atoms. The molecule has 1 fully saturated rings. The number of rotatable bonds is 3. The maximum absolute atomic E-state index is 12.8. The highest BCUT2D eigenvalue weighted by Crippen LogP contribution is 2.23. The second-order valence-corrected chi connectivity index (χ2v) is 6.65. The van der Waals surface area contributed by atoms with Crippen LogP contribution in [0.2, 0.25) is 0 Å². The van der Waals surface area contributed by atoms with Gasteiger partial charge in [-0.3, -0.25) is 14.6 Å². The number of hydrogen-bond acceptors (Lipinski definition) is 4. The average molecular weight is 341 g/mol. The van der Waals surface area contributed by atoms with E-state index in [9.17, 15) is 9.59 Å². The van der Waals surface area contributed by atoms with Crippen molar-refractivity contribution in [1.82, 2.24) is 14.9 Å². The number of aryl methyl sites for hydroxylation is 1. The summed E-state index contributed by atoms with van der Waals surface area (Å²) < 4.78 is 5.81. The zero-order valence-electron chi connectivity index (χ0n) is 14.8. The molecule has 0 bridgehead atoms. The van der Waals surface area contributed by atoms with Crippen LogP contribution in [0.5, 0.6) is 0 Å². The van der Waals surface area contributed by atoms with Crippen molar-refractivity contribution in [3.05, 3.63) is 63.3 Å². The lowest BCUT2D eigenvalue weighted by atomic mass is 10.1. The predicted octanol–water partition coefficient (Wildman–Crippen LogP) is 2.42. The molecule has 1 N–H and O–H groups in total. The van der Waals surface area contributed by atoms with Gasteiger partial charge in [-0.25, -0.2) is 0 Å². The smallest absolute Gasteiger partial charge is 0.261 e. The van der Waals surface area contributed by atoms with Gasteiger partial charge in [-0.1, -0.05) is 13.8 Å². The fourth-order valence-electron chi connectivity index (χ4n) is 2.97. The molecule has 0 saturated carbocycles. The molecule has 0 radical (unpaired) electrons. The minimum Gasteiger partial charge on any atom is -0.370 e. The van der Waals surface area contributed by atoms with Crippen LogP contribution in [0.3, 0.4) is 0 Å². The Morgan fingerprint density at radius 2 is 2.16 bits per heavy atom. The molecule has 1 amide bonds. The van der Waals surface area contributed by atoms with E-state index in [1.807, 2.05) is 39.0 Å². The first-order valence-electron chi connectivity index (χ1n) is 8.52. The molecule has 1 saturated heterocycles. The maximum Gasteiger partial charge on any atom is 0.261 e. The molecule has 2 aromatic rings. The summed E-state index contributed by atoms with van der Waals surface area (Å²) >= 11 is 0. The van der Waals surface area contributed by atoms with E-state index in [4.69, 9.17) is 4.74 Å². The Labute approximate surface area is 146 Å². The van der Waals surface area contributed by atoms with Gasteiger partial charge in [0.25, 0.3) is 11.5 Å². The number of morpholine rings is 1. The number of aromatic amines is 1. The van der Waals surface area contributed by atoms with Gasteiger partial charge >= 0.3 is 0 Å².